The minimum absolute atomic E-state index is 0.0764. The van der Waals surface area contributed by atoms with E-state index in [4.69, 9.17) is 9.84 Å². The molecule has 0 aliphatic carbocycles. The molecule has 1 heterocycles. The van der Waals surface area contributed by atoms with Gasteiger partial charge in [0.2, 0.25) is 0 Å². The van der Waals surface area contributed by atoms with Crippen LogP contribution < -0.4 is 4.74 Å². The summed E-state index contributed by atoms with van der Waals surface area (Å²) < 4.78 is 5.51. The van der Waals surface area contributed by atoms with Crippen LogP contribution in [0.2, 0.25) is 0 Å². The molecule has 20 heavy (non-hydrogen) atoms. The van der Waals surface area contributed by atoms with Crippen molar-refractivity contribution in [1.82, 2.24) is 4.90 Å². The van der Waals surface area contributed by atoms with Crippen LogP contribution >= 0.6 is 0 Å². The molecule has 1 aromatic carbocycles. The van der Waals surface area contributed by atoms with Gasteiger partial charge in [-0.15, -0.1) is 0 Å². The van der Waals surface area contributed by atoms with E-state index < -0.39 is 0 Å². The molecular formula is C16H23NO3. The molecule has 0 radical (unpaired) electrons. The minimum atomic E-state index is 0.0764. The number of likely N-dealkylation sites (tertiary alicyclic amines) is 1. The number of ether oxygens (including phenoxy) is 1. The Morgan fingerprint density at radius 2 is 2.15 bits per heavy atom. The number of nitrogens with zero attached hydrogens (tertiary/aromatic N) is 1. The normalized spacial score (nSPS) is 18.3. The largest absolute Gasteiger partial charge is 0.494 e. The van der Waals surface area contributed by atoms with Crippen molar-refractivity contribution in [2.24, 2.45) is 5.92 Å². The van der Waals surface area contributed by atoms with E-state index in [1.165, 1.54) is 0 Å². The molecule has 0 spiro atoms. The number of hydrogen-bond acceptors (Lipinski definition) is 3. The molecule has 1 atom stereocenters. The van der Waals surface area contributed by atoms with E-state index in [1.54, 1.807) is 0 Å². The fourth-order valence-corrected chi connectivity index (χ4v) is 2.53. The van der Waals surface area contributed by atoms with Gasteiger partial charge in [0, 0.05) is 25.3 Å². The standard InChI is InChI=1S/C16H23NO3/c1-2-11-20-15-5-3-14(4-6-15)16(19)17-9-7-13(12-17)8-10-18/h3-6,13,18H,2,7-12H2,1H3. The number of benzene rings is 1. The third-order valence-electron chi connectivity index (χ3n) is 3.68. The third kappa shape index (κ3) is 3.73. The van der Waals surface area contributed by atoms with E-state index in [9.17, 15) is 4.79 Å². The van der Waals surface area contributed by atoms with E-state index in [-0.39, 0.29) is 12.5 Å². The van der Waals surface area contributed by atoms with Crippen molar-refractivity contribution >= 4 is 5.91 Å². The van der Waals surface area contributed by atoms with Crippen LogP contribution in [-0.4, -0.2) is 42.2 Å². The fourth-order valence-electron chi connectivity index (χ4n) is 2.53. The summed E-state index contributed by atoms with van der Waals surface area (Å²) in [7, 11) is 0. The fraction of sp³-hybridized carbons (Fsp3) is 0.562. The molecule has 1 fully saturated rings. The van der Waals surface area contributed by atoms with Gasteiger partial charge in [-0.25, -0.2) is 0 Å². The topological polar surface area (TPSA) is 49.8 Å². The molecule has 1 aliphatic heterocycles. The van der Waals surface area contributed by atoms with E-state index in [0.717, 1.165) is 38.1 Å². The first-order chi connectivity index (χ1) is 9.74. The highest BCUT2D eigenvalue weighted by molar-refractivity contribution is 5.94. The Balaban J connectivity index is 1.92. The van der Waals surface area contributed by atoms with Crippen molar-refractivity contribution in [3.63, 3.8) is 0 Å². The molecule has 110 valence electrons. The highest BCUT2D eigenvalue weighted by Gasteiger charge is 2.26. The van der Waals surface area contributed by atoms with Gasteiger partial charge < -0.3 is 14.7 Å². The predicted molar refractivity (Wildman–Crippen MR) is 77.9 cm³/mol. The first kappa shape index (κ1) is 14.9. The van der Waals surface area contributed by atoms with Crippen LogP contribution in [0.25, 0.3) is 0 Å². The van der Waals surface area contributed by atoms with Crippen LogP contribution in [0.3, 0.4) is 0 Å². The molecule has 1 aliphatic rings. The Hall–Kier alpha value is -1.55. The van der Waals surface area contributed by atoms with E-state index in [2.05, 4.69) is 6.92 Å². The zero-order valence-electron chi connectivity index (χ0n) is 12.0. The predicted octanol–water partition coefficient (Wildman–Crippen LogP) is 2.32. The highest BCUT2D eigenvalue weighted by atomic mass is 16.5. The van der Waals surface area contributed by atoms with Crippen molar-refractivity contribution in [3.05, 3.63) is 29.8 Å². The summed E-state index contributed by atoms with van der Waals surface area (Å²) in [5.41, 5.74) is 0.707. The quantitative estimate of drug-likeness (QED) is 0.868. The Morgan fingerprint density at radius 3 is 2.80 bits per heavy atom. The Bertz CT molecular complexity index is 430. The van der Waals surface area contributed by atoms with Gasteiger partial charge in [0.25, 0.3) is 5.91 Å². The monoisotopic (exact) mass is 277 g/mol. The van der Waals surface area contributed by atoms with Crippen LogP contribution in [0.15, 0.2) is 24.3 Å². The molecule has 1 N–H and O–H groups in total. The zero-order chi connectivity index (χ0) is 14.4. The molecule has 1 amide bonds. The van der Waals surface area contributed by atoms with Gasteiger partial charge in [-0.05, 0) is 49.4 Å². The maximum Gasteiger partial charge on any atom is 0.253 e. The summed E-state index contributed by atoms with van der Waals surface area (Å²) in [6.07, 6.45) is 2.75. The van der Waals surface area contributed by atoms with Crippen LogP contribution in [0.4, 0.5) is 0 Å². The van der Waals surface area contributed by atoms with Crippen molar-refractivity contribution in [1.29, 1.82) is 0 Å². The van der Waals surface area contributed by atoms with Crippen LogP contribution in [0.5, 0.6) is 5.75 Å². The van der Waals surface area contributed by atoms with Crippen molar-refractivity contribution in [3.8, 4) is 5.75 Å². The second-order valence-electron chi connectivity index (χ2n) is 5.29. The van der Waals surface area contributed by atoms with Crippen LogP contribution in [0.1, 0.15) is 36.5 Å². The number of carbonyl (C=O) groups is 1. The second-order valence-corrected chi connectivity index (χ2v) is 5.29. The molecule has 4 heteroatoms. The van der Waals surface area contributed by atoms with Gasteiger partial charge in [0.1, 0.15) is 5.75 Å². The molecule has 0 saturated carbocycles. The summed E-state index contributed by atoms with van der Waals surface area (Å²) in [5, 5.41) is 8.95. The number of amides is 1. The maximum atomic E-state index is 12.3. The summed E-state index contributed by atoms with van der Waals surface area (Å²) in [6, 6.07) is 7.35. The summed E-state index contributed by atoms with van der Waals surface area (Å²) >= 11 is 0. The molecule has 0 aromatic heterocycles. The molecule has 1 aromatic rings. The summed E-state index contributed by atoms with van der Waals surface area (Å²) in [6.45, 7) is 4.51. The average Bonchev–Trinajstić information content (AvgIpc) is 2.94. The molecule has 2 rings (SSSR count). The molecule has 1 unspecified atom stereocenters. The second kappa shape index (κ2) is 7.29. The smallest absolute Gasteiger partial charge is 0.253 e. The maximum absolute atomic E-state index is 12.3. The lowest BCUT2D eigenvalue weighted by atomic mass is 10.1. The minimum Gasteiger partial charge on any atom is -0.494 e. The van der Waals surface area contributed by atoms with Gasteiger partial charge in [0.15, 0.2) is 0 Å². The van der Waals surface area contributed by atoms with Gasteiger partial charge in [0.05, 0.1) is 6.61 Å². The van der Waals surface area contributed by atoms with E-state index in [1.807, 2.05) is 29.2 Å². The Morgan fingerprint density at radius 1 is 1.40 bits per heavy atom. The van der Waals surface area contributed by atoms with Gasteiger partial charge >= 0.3 is 0 Å². The van der Waals surface area contributed by atoms with Crippen LogP contribution in [-0.2, 0) is 0 Å². The number of aliphatic hydroxyl groups excluding tert-OH is 1. The molecular weight excluding hydrogens is 254 g/mol. The number of rotatable bonds is 6. The lowest BCUT2D eigenvalue weighted by Gasteiger charge is -2.16. The van der Waals surface area contributed by atoms with Gasteiger partial charge in [-0.2, -0.15) is 0 Å². The van der Waals surface area contributed by atoms with Gasteiger partial charge in [-0.1, -0.05) is 6.92 Å². The summed E-state index contributed by atoms with van der Waals surface area (Å²) in [5.74, 6) is 1.33. The zero-order valence-corrected chi connectivity index (χ0v) is 12.0. The Labute approximate surface area is 120 Å². The first-order valence-electron chi connectivity index (χ1n) is 7.37. The number of carbonyl (C=O) groups excluding carboxylic acids is 1. The Kier molecular flexibility index (Phi) is 5.41. The third-order valence-corrected chi connectivity index (χ3v) is 3.68. The van der Waals surface area contributed by atoms with Crippen LogP contribution in [0, 0.1) is 5.92 Å². The van der Waals surface area contributed by atoms with Crippen molar-refractivity contribution < 1.29 is 14.6 Å². The lowest BCUT2D eigenvalue weighted by Crippen LogP contribution is -2.28. The highest BCUT2D eigenvalue weighted by Crippen LogP contribution is 2.22. The van der Waals surface area contributed by atoms with Crippen molar-refractivity contribution in [2.45, 2.75) is 26.2 Å². The number of aliphatic hydroxyl groups is 1. The van der Waals surface area contributed by atoms with E-state index in [0.29, 0.717) is 18.1 Å². The van der Waals surface area contributed by atoms with Crippen molar-refractivity contribution in [2.75, 3.05) is 26.3 Å². The molecule has 1 saturated heterocycles. The molecule has 0 bridgehead atoms. The lowest BCUT2D eigenvalue weighted by molar-refractivity contribution is 0.0784. The molecule has 4 nitrogen and oxygen atoms in total. The first-order valence-corrected chi connectivity index (χ1v) is 7.37. The van der Waals surface area contributed by atoms with E-state index >= 15 is 0 Å². The number of hydrogen-bond donors (Lipinski definition) is 1. The SMILES string of the molecule is CCCOc1ccc(C(=O)N2CCC(CCO)C2)cc1. The summed E-state index contributed by atoms with van der Waals surface area (Å²) in [4.78, 5) is 14.2. The average molecular weight is 277 g/mol. The van der Waals surface area contributed by atoms with Gasteiger partial charge in [-0.3, -0.25) is 4.79 Å².